The van der Waals surface area contributed by atoms with Gasteiger partial charge < -0.3 is 14.6 Å². The van der Waals surface area contributed by atoms with E-state index in [-0.39, 0.29) is 42.7 Å². The van der Waals surface area contributed by atoms with Crippen LogP contribution in [-0.2, 0) is 19.6 Å². The van der Waals surface area contributed by atoms with Crippen molar-refractivity contribution >= 4 is 33.5 Å². The number of piperazine rings is 1. The smallest absolute Gasteiger partial charge is 0.355 e. The van der Waals surface area contributed by atoms with Gasteiger partial charge in [0.2, 0.25) is 10.0 Å². The molecule has 0 aliphatic carbocycles. The number of hydrogen-bond donors (Lipinski definition) is 1. The summed E-state index contributed by atoms with van der Waals surface area (Å²) >= 11 is 5.75. The highest BCUT2D eigenvalue weighted by atomic mass is 35.5. The molecule has 150 valence electrons. The van der Waals surface area contributed by atoms with Crippen molar-refractivity contribution in [1.29, 1.82) is 0 Å². The zero-order valence-electron chi connectivity index (χ0n) is 15.2. The number of amides is 1. The van der Waals surface area contributed by atoms with Gasteiger partial charge in [0.05, 0.1) is 9.92 Å². The standard InChI is InChI=1S/C18H20ClN3O5S/c1-13(27-18(24)16-11-14(19)12-20-16)17(23)21-7-9-22(10-8-21)28(25,26)15-5-3-2-4-6-15/h2-6,11-13,20H,7-10H2,1H3. The van der Waals surface area contributed by atoms with Crippen molar-refractivity contribution in [2.75, 3.05) is 26.2 Å². The van der Waals surface area contributed by atoms with Crippen molar-refractivity contribution in [3.63, 3.8) is 0 Å². The first-order chi connectivity index (χ1) is 13.3. The van der Waals surface area contributed by atoms with E-state index >= 15 is 0 Å². The van der Waals surface area contributed by atoms with Crippen LogP contribution < -0.4 is 0 Å². The molecule has 0 spiro atoms. The van der Waals surface area contributed by atoms with Gasteiger partial charge in [0.15, 0.2) is 6.10 Å². The number of ether oxygens (including phenoxy) is 1. The van der Waals surface area contributed by atoms with Crippen LogP contribution in [0.3, 0.4) is 0 Å². The molecule has 1 aromatic heterocycles. The van der Waals surface area contributed by atoms with Gasteiger partial charge in [0, 0.05) is 32.4 Å². The minimum Gasteiger partial charge on any atom is -0.448 e. The fourth-order valence-corrected chi connectivity index (χ4v) is 4.51. The molecule has 0 radical (unpaired) electrons. The molecular weight excluding hydrogens is 406 g/mol. The molecule has 2 aromatic rings. The fourth-order valence-electron chi connectivity index (χ4n) is 2.91. The SMILES string of the molecule is CC(OC(=O)c1cc(Cl)c[nH]1)C(=O)N1CCN(S(=O)(=O)c2ccccc2)CC1. The molecule has 3 rings (SSSR count). The maximum absolute atomic E-state index is 12.6. The summed E-state index contributed by atoms with van der Waals surface area (Å²) < 4.78 is 31.8. The van der Waals surface area contributed by atoms with E-state index in [2.05, 4.69) is 4.98 Å². The van der Waals surface area contributed by atoms with Crippen molar-refractivity contribution in [3.8, 4) is 0 Å². The Morgan fingerprint density at radius 1 is 1.14 bits per heavy atom. The lowest BCUT2D eigenvalue weighted by molar-refractivity contribution is -0.141. The first-order valence-electron chi connectivity index (χ1n) is 8.68. The number of sulfonamides is 1. The predicted octanol–water partition coefficient (Wildman–Crippen LogP) is 1.75. The lowest BCUT2D eigenvalue weighted by Crippen LogP contribution is -2.52. The number of aromatic nitrogens is 1. The molecule has 1 aliphatic heterocycles. The average molecular weight is 426 g/mol. The second kappa shape index (κ2) is 8.34. The van der Waals surface area contributed by atoms with Gasteiger partial charge in [-0.1, -0.05) is 29.8 Å². The number of rotatable bonds is 5. The molecule has 8 nitrogen and oxygen atoms in total. The van der Waals surface area contributed by atoms with E-state index in [9.17, 15) is 18.0 Å². The third-order valence-corrected chi connectivity index (χ3v) is 6.56. The molecule has 2 heterocycles. The molecule has 0 bridgehead atoms. The number of hydrogen-bond acceptors (Lipinski definition) is 5. The summed E-state index contributed by atoms with van der Waals surface area (Å²) in [5.74, 6) is -1.05. The molecule has 10 heteroatoms. The van der Waals surface area contributed by atoms with Crippen LogP contribution in [0.5, 0.6) is 0 Å². The fraction of sp³-hybridized carbons (Fsp3) is 0.333. The lowest BCUT2D eigenvalue weighted by atomic mass is 10.3. The molecule has 0 saturated carbocycles. The molecule has 1 amide bonds. The molecule has 1 fully saturated rings. The first kappa shape index (κ1) is 20.4. The third kappa shape index (κ3) is 4.37. The number of H-pyrrole nitrogens is 1. The Labute approximate surface area is 168 Å². The number of benzene rings is 1. The lowest BCUT2D eigenvalue weighted by Gasteiger charge is -2.35. The molecule has 28 heavy (non-hydrogen) atoms. The van der Waals surface area contributed by atoms with Crippen molar-refractivity contribution in [2.45, 2.75) is 17.9 Å². The van der Waals surface area contributed by atoms with Gasteiger partial charge in [0.1, 0.15) is 5.69 Å². The third-order valence-electron chi connectivity index (χ3n) is 4.43. The number of esters is 1. The summed E-state index contributed by atoms with van der Waals surface area (Å²) in [6.45, 7) is 2.28. The van der Waals surface area contributed by atoms with Crippen LogP contribution in [0.2, 0.25) is 5.02 Å². The van der Waals surface area contributed by atoms with Gasteiger partial charge in [0.25, 0.3) is 5.91 Å². The zero-order valence-corrected chi connectivity index (χ0v) is 16.7. The summed E-state index contributed by atoms with van der Waals surface area (Å²) in [5.41, 5.74) is 0.156. The highest BCUT2D eigenvalue weighted by Crippen LogP contribution is 2.18. The summed E-state index contributed by atoms with van der Waals surface area (Å²) in [4.78, 5) is 28.9. The highest BCUT2D eigenvalue weighted by Gasteiger charge is 2.32. The largest absolute Gasteiger partial charge is 0.448 e. The van der Waals surface area contributed by atoms with Gasteiger partial charge in [-0.05, 0) is 25.1 Å². The van der Waals surface area contributed by atoms with E-state index in [1.807, 2.05) is 0 Å². The molecule has 1 saturated heterocycles. The van der Waals surface area contributed by atoms with Crippen molar-refractivity contribution in [3.05, 3.63) is 53.3 Å². The Balaban J connectivity index is 1.57. The zero-order chi connectivity index (χ0) is 20.3. The number of nitrogens with one attached hydrogen (secondary N) is 1. The topological polar surface area (TPSA) is 99.8 Å². The second-order valence-corrected chi connectivity index (χ2v) is 8.70. The van der Waals surface area contributed by atoms with Crippen LogP contribution in [0.15, 0.2) is 47.5 Å². The van der Waals surface area contributed by atoms with Gasteiger partial charge >= 0.3 is 5.97 Å². The van der Waals surface area contributed by atoms with Gasteiger partial charge in [-0.2, -0.15) is 4.31 Å². The van der Waals surface area contributed by atoms with E-state index in [4.69, 9.17) is 16.3 Å². The van der Waals surface area contributed by atoms with Gasteiger partial charge in [-0.25, -0.2) is 13.2 Å². The Kier molecular flexibility index (Phi) is 6.07. The molecule has 1 N–H and O–H groups in total. The Hall–Kier alpha value is -2.36. The summed E-state index contributed by atoms with van der Waals surface area (Å²) in [5, 5.41) is 0.363. The molecule has 1 atom stereocenters. The van der Waals surface area contributed by atoms with Crippen molar-refractivity contribution in [2.24, 2.45) is 0 Å². The minimum atomic E-state index is -3.59. The normalized spacial score (nSPS) is 16.6. The Bertz CT molecular complexity index is 953. The van der Waals surface area contributed by atoms with E-state index in [0.717, 1.165) is 0 Å². The van der Waals surface area contributed by atoms with Crippen molar-refractivity contribution < 1.29 is 22.7 Å². The van der Waals surface area contributed by atoms with Crippen LogP contribution in [-0.4, -0.2) is 66.8 Å². The van der Waals surface area contributed by atoms with E-state index in [1.165, 1.54) is 28.4 Å². The average Bonchev–Trinajstić information content (AvgIpc) is 3.14. The van der Waals surface area contributed by atoms with Gasteiger partial charge in [-0.15, -0.1) is 0 Å². The highest BCUT2D eigenvalue weighted by molar-refractivity contribution is 7.89. The monoisotopic (exact) mass is 425 g/mol. The van der Waals surface area contributed by atoms with Gasteiger partial charge in [-0.3, -0.25) is 4.79 Å². The van der Waals surface area contributed by atoms with Crippen LogP contribution in [0.4, 0.5) is 0 Å². The maximum Gasteiger partial charge on any atom is 0.355 e. The minimum absolute atomic E-state index is 0.156. The quantitative estimate of drug-likeness (QED) is 0.735. The number of nitrogens with zero attached hydrogens (tertiary/aromatic N) is 2. The maximum atomic E-state index is 12.6. The van der Waals surface area contributed by atoms with E-state index in [1.54, 1.807) is 30.3 Å². The number of aromatic amines is 1. The molecule has 1 aliphatic rings. The predicted molar refractivity (Wildman–Crippen MR) is 102 cm³/mol. The first-order valence-corrected chi connectivity index (χ1v) is 10.5. The molecule has 1 aromatic carbocycles. The van der Waals surface area contributed by atoms with Crippen LogP contribution in [0.1, 0.15) is 17.4 Å². The van der Waals surface area contributed by atoms with E-state index < -0.39 is 22.1 Å². The summed E-state index contributed by atoms with van der Waals surface area (Å²) in [6.07, 6.45) is 0.448. The Morgan fingerprint density at radius 3 is 2.36 bits per heavy atom. The summed E-state index contributed by atoms with van der Waals surface area (Å²) in [6, 6.07) is 9.58. The Morgan fingerprint density at radius 2 is 1.79 bits per heavy atom. The summed E-state index contributed by atoms with van der Waals surface area (Å²) in [7, 11) is -3.59. The molecular formula is C18H20ClN3O5S. The number of carbonyl (C=O) groups is 2. The second-order valence-electron chi connectivity index (χ2n) is 6.32. The number of halogens is 1. The molecule has 1 unspecified atom stereocenters. The number of carbonyl (C=O) groups excluding carboxylic acids is 2. The van der Waals surface area contributed by atoms with Crippen LogP contribution in [0, 0.1) is 0 Å². The van der Waals surface area contributed by atoms with Crippen LogP contribution in [0.25, 0.3) is 0 Å². The van der Waals surface area contributed by atoms with E-state index in [0.29, 0.717) is 5.02 Å². The van der Waals surface area contributed by atoms with Crippen LogP contribution >= 0.6 is 11.6 Å². The van der Waals surface area contributed by atoms with Crippen molar-refractivity contribution in [1.82, 2.24) is 14.2 Å².